The highest BCUT2D eigenvalue weighted by Crippen LogP contribution is 2.28. The summed E-state index contributed by atoms with van der Waals surface area (Å²) in [4.78, 5) is 6.93. The number of likely N-dealkylation sites (N-methyl/N-ethyl adjacent to an activating group) is 1. The van der Waals surface area contributed by atoms with E-state index < -0.39 is 0 Å². The lowest BCUT2D eigenvalue weighted by atomic mass is 9.81. The summed E-state index contributed by atoms with van der Waals surface area (Å²) in [5.74, 6) is 0.996. The quantitative estimate of drug-likeness (QED) is 0.761. The van der Waals surface area contributed by atoms with Gasteiger partial charge in [0, 0.05) is 24.0 Å². The smallest absolute Gasteiger partial charge is 0.138 e. The van der Waals surface area contributed by atoms with Gasteiger partial charge < -0.3 is 5.73 Å². The van der Waals surface area contributed by atoms with Crippen molar-refractivity contribution in [2.45, 2.75) is 78.4 Å². The van der Waals surface area contributed by atoms with Gasteiger partial charge in [0.1, 0.15) is 12.2 Å². The third kappa shape index (κ3) is 3.64. The average Bonchev–Trinajstić information content (AvgIpc) is 2.93. The van der Waals surface area contributed by atoms with Crippen LogP contribution in [0.1, 0.15) is 66.3 Å². The Bertz CT molecular complexity index is 405. The average molecular weight is 295 g/mol. The Morgan fingerprint density at radius 3 is 2.19 bits per heavy atom. The second-order valence-electron chi connectivity index (χ2n) is 6.01. The molecule has 1 rings (SSSR count). The predicted octanol–water partition coefficient (Wildman–Crippen LogP) is 2.63. The normalized spacial score (nSPS) is 14.1. The molecule has 0 aliphatic carbocycles. The van der Waals surface area contributed by atoms with Crippen molar-refractivity contribution >= 4 is 0 Å². The van der Waals surface area contributed by atoms with Gasteiger partial charge in [-0.1, -0.05) is 27.7 Å². The molecule has 5 heteroatoms. The summed E-state index contributed by atoms with van der Waals surface area (Å²) in [6.45, 7) is 15.2. The molecule has 0 saturated carbocycles. The molecular formula is C16H33N5. The van der Waals surface area contributed by atoms with Crippen molar-refractivity contribution < 1.29 is 0 Å². The Hall–Kier alpha value is -0.940. The van der Waals surface area contributed by atoms with Crippen molar-refractivity contribution in [3.05, 3.63) is 12.2 Å². The van der Waals surface area contributed by atoms with Crippen molar-refractivity contribution in [1.29, 1.82) is 0 Å². The van der Waals surface area contributed by atoms with Crippen LogP contribution in [0.5, 0.6) is 0 Å². The maximum Gasteiger partial charge on any atom is 0.138 e. The third-order valence-corrected chi connectivity index (χ3v) is 4.85. The molecule has 0 fully saturated rings. The van der Waals surface area contributed by atoms with Crippen molar-refractivity contribution in [3.63, 3.8) is 0 Å². The largest absolute Gasteiger partial charge is 0.326 e. The fourth-order valence-corrected chi connectivity index (χ4v) is 3.55. The molecule has 2 N–H and O–H groups in total. The van der Waals surface area contributed by atoms with E-state index in [4.69, 9.17) is 5.73 Å². The van der Waals surface area contributed by atoms with Crippen molar-refractivity contribution in [2.75, 3.05) is 13.1 Å². The summed E-state index contributed by atoms with van der Waals surface area (Å²) in [7, 11) is 0. The summed E-state index contributed by atoms with van der Waals surface area (Å²) in [5.41, 5.74) is 6.70. The van der Waals surface area contributed by atoms with E-state index in [1.807, 2.05) is 4.68 Å². The van der Waals surface area contributed by atoms with E-state index in [1.54, 1.807) is 6.33 Å². The zero-order valence-electron chi connectivity index (χ0n) is 14.6. The van der Waals surface area contributed by atoms with Crippen LogP contribution in [0.3, 0.4) is 0 Å². The molecule has 0 spiro atoms. The van der Waals surface area contributed by atoms with Crippen LogP contribution >= 0.6 is 0 Å². The topological polar surface area (TPSA) is 60.0 Å². The lowest BCUT2D eigenvalue weighted by Gasteiger charge is -2.46. The number of nitrogens with two attached hydrogens (primary N) is 1. The van der Waals surface area contributed by atoms with Gasteiger partial charge in [-0.3, -0.25) is 4.90 Å². The summed E-state index contributed by atoms with van der Waals surface area (Å²) < 4.78 is 1.98. The maximum absolute atomic E-state index is 6.66. The van der Waals surface area contributed by atoms with Crippen LogP contribution in [0.4, 0.5) is 0 Å². The Kier molecular flexibility index (Phi) is 6.81. The minimum Gasteiger partial charge on any atom is -0.326 e. The van der Waals surface area contributed by atoms with E-state index in [2.05, 4.69) is 56.5 Å². The van der Waals surface area contributed by atoms with Gasteiger partial charge in [-0.05, 0) is 39.8 Å². The molecule has 0 radical (unpaired) electrons. The van der Waals surface area contributed by atoms with Crippen LogP contribution in [0.25, 0.3) is 0 Å². The van der Waals surface area contributed by atoms with Crippen LogP contribution in [-0.4, -0.2) is 44.3 Å². The standard InChI is InChI=1S/C16H33N5/c1-7-16(8-2,20(9-3)10-4)14(17)11-15-18-12-19-21(15)13(5)6/h12-14H,7-11,17H2,1-6H3. The van der Waals surface area contributed by atoms with E-state index in [-0.39, 0.29) is 11.6 Å². The van der Waals surface area contributed by atoms with E-state index in [1.165, 1.54) is 0 Å². The lowest BCUT2D eigenvalue weighted by Crippen LogP contribution is -2.60. The molecular weight excluding hydrogens is 262 g/mol. The Morgan fingerprint density at radius 2 is 1.76 bits per heavy atom. The maximum atomic E-state index is 6.66. The summed E-state index contributed by atoms with van der Waals surface area (Å²) in [6.07, 6.45) is 4.53. The van der Waals surface area contributed by atoms with Gasteiger partial charge in [0.05, 0.1) is 0 Å². The molecule has 122 valence electrons. The van der Waals surface area contributed by atoms with Crippen LogP contribution in [0.15, 0.2) is 6.33 Å². The lowest BCUT2D eigenvalue weighted by molar-refractivity contribution is 0.0617. The number of hydrogen-bond donors (Lipinski definition) is 1. The number of nitrogens with zero attached hydrogens (tertiary/aromatic N) is 4. The molecule has 0 saturated heterocycles. The highest BCUT2D eigenvalue weighted by molar-refractivity contribution is 5.02. The molecule has 1 aromatic rings. The zero-order valence-corrected chi connectivity index (χ0v) is 14.6. The van der Waals surface area contributed by atoms with E-state index >= 15 is 0 Å². The molecule has 0 aromatic carbocycles. The molecule has 5 nitrogen and oxygen atoms in total. The van der Waals surface area contributed by atoms with Crippen LogP contribution in [-0.2, 0) is 6.42 Å². The van der Waals surface area contributed by atoms with E-state index in [0.717, 1.165) is 38.2 Å². The van der Waals surface area contributed by atoms with Gasteiger partial charge in [0.15, 0.2) is 0 Å². The zero-order chi connectivity index (χ0) is 16.0. The van der Waals surface area contributed by atoms with Gasteiger partial charge in [-0.25, -0.2) is 9.67 Å². The van der Waals surface area contributed by atoms with Gasteiger partial charge in [0.2, 0.25) is 0 Å². The van der Waals surface area contributed by atoms with E-state index in [0.29, 0.717) is 6.04 Å². The van der Waals surface area contributed by atoms with Crippen LogP contribution < -0.4 is 5.73 Å². The molecule has 21 heavy (non-hydrogen) atoms. The fraction of sp³-hybridized carbons (Fsp3) is 0.875. The molecule has 1 aromatic heterocycles. The molecule has 0 amide bonds. The Labute approximate surface area is 129 Å². The first-order valence-corrected chi connectivity index (χ1v) is 8.35. The van der Waals surface area contributed by atoms with Crippen molar-refractivity contribution in [1.82, 2.24) is 19.7 Å². The molecule has 0 aliphatic rings. The number of hydrogen-bond acceptors (Lipinski definition) is 4. The molecule has 1 atom stereocenters. The SMILES string of the molecule is CCN(CC)C(CC)(CC)C(N)Cc1ncnn1C(C)C. The van der Waals surface area contributed by atoms with Gasteiger partial charge in [-0.15, -0.1) is 0 Å². The number of aromatic nitrogens is 3. The van der Waals surface area contributed by atoms with E-state index in [9.17, 15) is 0 Å². The molecule has 0 bridgehead atoms. The first kappa shape index (κ1) is 18.1. The predicted molar refractivity (Wildman–Crippen MR) is 88.3 cm³/mol. The number of rotatable bonds is 9. The molecule has 1 unspecified atom stereocenters. The van der Waals surface area contributed by atoms with Gasteiger partial charge >= 0.3 is 0 Å². The van der Waals surface area contributed by atoms with Crippen LogP contribution in [0.2, 0.25) is 0 Å². The van der Waals surface area contributed by atoms with Gasteiger partial charge in [-0.2, -0.15) is 5.10 Å². The second-order valence-corrected chi connectivity index (χ2v) is 6.01. The first-order chi connectivity index (χ1) is 9.96. The monoisotopic (exact) mass is 295 g/mol. The summed E-state index contributed by atoms with van der Waals surface area (Å²) in [6, 6.07) is 0.384. The molecule has 1 heterocycles. The van der Waals surface area contributed by atoms with Gasteiger partial charge in [0.25, 0.3) is 0 Å². The third-order valence-electron chi connectivity index (χ3n) is 4.85. The highest BCUT2D eigenvalue weighted by Gasteiger charge is 2.38. The fourth-order valence-electron chi connectivity index (χ4n) is 3.55. The minimum atomic E-state index is 0.0389. The summed E-state index contributed by atoms with van der Waals surface area (Å²) >= 11 is 0. The minimum absolute atomic E-state index is 0.0389. The first-order valence-electron chi connectivity index (χ1n) is 8.35. The Morgan fingerprint density at radius 1 is 1.19 bits per heavy atom. The highest BCUT2D eigenvalue weighted by atomic mass is 15.3. The summed E-state index contributed by atoms with van der Waals surface area (Å²) in [5, 5.41) is 4.32. The molecule has 0 aliphatic heterocycles. The second kappa shape index (κ2) is 7.90. The van der Waals surface area contributed by atoms with Crippen LogP contribution in [0, 0.1) is 0 Å². The Balaban J connectivity index is 3.01. The van der Waals surface area contributed by atoms with Crippen molar-refractivity contribution in [2.24, 2.45) is 5.73 Å². The van der Waals surface area contributed by atoms with Crippen molar-refractivity contribution in [3.8, 4) is 0 Å².